The molecule has 1 aliphatic heterocycles. The number of nitrogens with zero attached hydrogens (tertiary/aromatic N) is 5. The zero-order valence-electron chi connectivity index (χ0n) is 25.8. The second-order valence-electron chi connectivity index (χ2n) is 10.9. The zero-order chi connectivity index (χ0) is 31.9. The van der Waals surface area contributed by atoms with Gasteiger partial charge >= 0.3 is 0 Å². The van der Waals surface area contributed by atoms with Crippen LogP contribution in [0, 0.1) is 0 Å². The minimum absolute atomic E-state index is 0.0542. The lowest BCUT2D eigenvalue weighted by atomic mass is 9.82. The van der Waals surface area contributed by atoms with E-state index in [9.17, 15) is 4.79 Å². The van der Waals surface area contributed by atoms with Crippen molar-refractivity contribution in [2.75, 3.05) is 40.4 Å². The molecular weight excluding hydrogens is 570 g/mol. The van der Waals surface area contributed by atoms with Gasteiger partial charge in [0.2, 0.25) is 5.90 Å². The molecule has 0 aromatic heterocycles. The lowest BCUT2D eigenvalue weighted by molar-refractivity contribution is -0.129. The number of benzene rings is 3. The molecule has 11 heteroatoms. The molecule has 0 bridgehead atoms. The number of aliphatic hydroxyl groups is 1. The van der Waals surface area contributed by atoms with Crippen molar-refractivity contribution in [1.29, 1.82) is 0 Å². The summed E-state index contributed by atoms with van der Waals surface area (Å²) in [7, 11) is 4.01. The molecule has 3 aromatic rings. The van der Waals surface area contributed by atoms with E-state index in [1.807, 2.05) is 105 Å². The molecular formula is C34H41N7O4. The fraction of sp³-hybridized carbons (Fsp3) is 0.353. The van der Waals surface area contributed by atoms with E-state index in [0.717, 1.165) is 24.1 Å². The van der Waals surface area contributed by atoms with Crippen molar-refractivity contribution >= 4 is 17.9 Å². The van der Waals surface area contributed by atoms with Crippen LogP contribution in [0.3, 0.4) is 0 Å². The van der Waals surface area contributed by atoms with Gasteiger partial charge in [0.05, 0.1) is 13.2 Å². The van der Waals surface area contributed by atoms with Gasteiger partial charge < -0.3 is 19.5 Å². The molecule has 0 aliphatic carbocycles. The molecule has 11 nitrogen and oxygen atoms in total. The number of rotatable bonds is 17. The van der Waals surface area contributed by atoms with Gasteiger partial charge in [-0.1, -0.05) is 71.9 Å². The molecule has 1 aliphatic rings. The molecule has 0 spiro atoms. The van der Waals surface area contributed by atoms with Crippen LogP contribution in [-0.2, 0) is 16.1 Å². The first-order valence-electron chi connectivity index (χ1n) is 15.1. The average molecular weight is 612 g/mol. The predicted molar refractivity (Wildman–Crippen MR) is 175 cm³/mol. The molecule has 236 valence electrons. The second kappa shape index (κ2) is 17.0. The minimum atomic E-state index is -1.39. The number of carbonyl (C=O) groups is 1. The third-order valence-corrected chi connectivity index (χ3v) is 7.32. The van der Waals surface area contributed by atoms with Crippen LogP contribution in [-0.4, -0.2) is 67.7 Å². The Labute approximate surface area is 264 Å². The molecule has 0 unspecified atom stereocenters. The van der Waals surface area contributed by atoms with Crippen molar-refractivity contribution < 1.29 is 19.4 Å². The maximum Gasteiger partial charge on any atom is 0.266 e. The van der Waals surface area contributed by atoms with E-state index < -0.39 is 11.6 Å². The van der Waals surface area contributed by atoms with Gasteiger partial charge in [0.1, 0.15) is 5.75 Å². The molecule has 1 amide bonds. The van der Waals surface area contributed by atoms with Crippen LogP contribution in [0.25, 0.3) is 16.5 Å². The van der Waals surface area contributed by atoms with E-state index in [1.165, 1.54) is 0 Å². The van der Waals surface area contributed by atoms with Crippen LogP contribution < -0.4 is 15.6 Å². The quantitative estimate of drug-likeness (QED) is 0.0630. The van der Waals surface area contributed by atoms with Crippen molar-refractivity contribution in [2.45, 2.75) is 37.5 Å². The Bertz CT molecular complexity index is 1490. The first kappa shape index (κ1) is 33.2. The van der Waals surface area contributed by atoms with Gasteiger partial charge in [0.15, 0.2) is 11.6 Å². The first-order chi connectivity index (χ1) is 22.0. The van der Waals surface area contributed by atoms with E-state index in [1.54, 1.807) is 0 Å². The van der Waals surface area contributed by atoms with E-state index in [4.69, 9.17) is 25.1 Å². The normalized spacial score (nSPS) is 17.5. The van der Waals surface area contributed by atoms with E-state index in [-0.39, 0.29) is 25.5 Å². The number of nitrogens with one attached hydrogen (secondary N) is 2. The summed E-state index contributed by atoms with van der Waals surface area (Å²) in [4.78, 5) is 24.3. The molecule has 45 heavy (non-hydrogen) atoms. The number of amides is 1. The SMILES string of the molecule is CN(C)CCCNNC(=O)[C@@]1(C/C=C/c2ccccc2)N=C(c2ccc(OCCCO)cc2)O[C@H]1c1ccccc1CN=[N+]=[N-]. The summed E-state index contributed by atoms with van der Waals surface area (Å²) < 4.78 is 12.3. The van der Waals surface area contributed by atoms with Gasteiger partial charge in [-0.15, -0.1) is 0 Å². The lowest BCUT2D eigenvalue weighted by Gasteiger charge is -2.31. The van der Waals surface area contributed by atoms with Gasteiger partial charge in [-0.2, -0.15) is 0 Å². The van der Waals surface area contributed by atoms with Crippen LogP contribution in [0.5, 0.6) is 5.75 Å². The number of hydrogen-bond donors (Lipinski definition) is 3. The number of hydrazine groups is 1. The van der Waals surface area contributed by atoms with E-state index >= 15 is 0 Å². The molecule has 0 saturated heterocycles. The number of hydrogen-bond acceptors (Lipinski definition) is 8. The van der Waals surface area contributed by atoms with Crippen molar-refractivity contribution in [2.24, 2.45) is 10.1 Å². The van der Waals surface area contributed by atoms with Crippen molar-refractivity contribution in [1.82, 2.24) is 15.8 Å². The van der Waals surface area contributed by atoms with Crippen LogP contribution in [0.4, 0.5) is 0 Å². The van der Waals surface area contributed by atoms with Gasteiger partial charge in [-0.05, 0) is 73.5 Å². The fourth-order valence-electron chi connectivity index (χ4n) is 5.01. The largest absolute Gasteiger partial charge is 0.494 e. The highest BCUT2D eigenvalue weighted by Crippen LogP contribution is 2.44. The van der Waals surface area contributed by atoms with Gasteiger partial charge in [0, 0.05) is 36.5 Å². The third-order valence-electron chi connectivity index (χ3n) is 7.32. The highest BCUT2D eigenvalue weighted by Gasteiger charge is 2.53. The Kier molecular flexibility index (Phi) is 12.5. The van der Waals surface area contributed by atoms with Crippen LogP contribution in [0.2, 0.25) is 0 Å². The molecule has 0 fully saturated rings. The highest BCUT2D eigenvalue weighted by atomic mass is 16.5. The summed E-state index contributed by atoms with van der Waals surface area (Å²) >= 11 is 0. The maximum absolute atomic E-state index is 14.3. The topological polar surface area (TPSA) is 144 Å². The molecule has 3 aromatic carbocycles. The van der Waals surface area contributed by atoms with Crippen LogP contribution in [0.1, 0.15) is 47.6 Å². The summed E-state index contributed by atoms with van der Waals surface area (Å²) in [6.07, 6.45) is 4.70. The van der Waals surface area contributed by atoms with Crippen molar-refractivity contribution in [3.8, 4) is 5.75 Å². The summed E-state index contributed by atoms with van der Waals surface area (Å²) in [5, 5.41) is 12.9. The Morgan fingerprint density at radius 1 is 1.11 bits per heavy atom. The predicted octanol–water partition coefficient (Wildman–Crippen LogP) is 5.19. The van der Waals surface area contributed by atoms with Gasteiger partial charge in [-0.25, -0.2) is 10.4 Å². The number of aliphatic imine (C=N–C) groups is 1. The standard InChI is InChI=1S/C34H41N7O4/c1-41(2)22-9-21-36-39-33(43)34(20-8-13-26-11-4-3-5-12-26)31(30-15-7-6-14-28(30)25-37-40-35)45-32(38-34)27-16-18-29(19-17-27)44-24-10-23-42/h3-8,11-19,31,36,42H,9-10,20-25H2,1-2H3,(H,39,43)/b13-8+/t31-,34-/m0/s1. The molecule has 3 N–H and O–H groups in total. The third kappa shape index (κ3) is 9.17. The van der Waals surface area contributed by atoms with Crippen molar-refractivity contribution in [3.05, 3.63) is 118 Å². The minimum Gasteiger partial charge on any atom is -0.494 e. The fourth-order valence-corrected chi connectivity index (χ4v) is 5.01. The summed E-state index contributed by atoms with van der Waals surface area (Å²) in [5.74, 6) is 0.628. The Morgan fingerprint density at radius 2 is 1.87 bits per heavy atom. The van der Waals surface area contributed by atoms with E-state index in [2.05, 4.69) is 25.8 Å². The lowest BCUT2D eigenvalue weighted by Crippen LogP contribution is -2.53. The Balaban J connectivity index is 1.74. The molecule has 1 heterocycles. The van der Waals surface area contributed by atoms with Crippen molar-refractivity contribution in [3.63, 3.8) is 0 Å². The monoisotopic (exact) mass is 611 g/mol. The number of ether oxygens (including phenoxy) is 2. The average Bonchev–Trinajstić information content (AvgIpc) is 3.45. The van der Waals surface area contributed by atoms with Crippen LogP contribution >= 0.6 is 0 Å². The molecule has 0 radical (unpaired) electrons. The highest BCUT2D eigenvalue weighted by molar-refractivity contribution is 6.01. The molecule has 4 rings (SSSR count). The Hall–Kier alpha value is -4.67. The zero-order valence-corrected chi connectivity index (χ0v) is 25.8. The second-order valence-corrected chi connectivity index (χ2v) is 10.9. The Morgan fingerprint density at radius 3 is 2.60 bits per heavy atom. The van der Waals surface area contributed by atoms with E-state index in [0.29, 0.717) is 42.3 Å². The molecule has 0 saturated carbocycles. The molecule has 2 atom stereocenters. The smallest absolute Gasteiger partial charge is 0.266 e. The van der Waals surface area contributed by atoms with Gasteiger partial charge in [-0.3, -0.25) is 10.2 Å². The number of carbonyl (C=O) groups excluding carboxylic acids is 1. The number of aliphatic hydroxyl groups excluding tert-OH is 1. The summed E-state index contributed by atoms with van der Waals surface area (Å²) in [6, 6.07) is 24.6. The van der Waals surface area contributed by atoms with Gasteiger partial charge in [0.25, 0.3) is 5.91 Å². The summed E-state index contributed by atoms with van der Waals surface area (Å²) in [6.45, 7) is 2.00. The maximum atomic E-state index is 14.3. The summed E-state index contributed by atoms with van der Waals surface area (Å²) in [5.41, 5.74) is 16.8. The number of azide groups is 1. The van der Waals surface area contributed by atoms with Crippen LogP contribution in [0.15, 0.2) is 95.0 Å². The first-order valence-corrected chi connectivity index (χ1v) is 15.1.